The van der Waals surface area contributed by atoms with Gasteiger partial charge in [0.2, 0.25) is 5.91 Å². The molecule has 2 fully saturated rings. The van der Waals surface area contributed by atoms with Crippen molar-refractivity contribution in [3.05, 3.63) is 0 Å². The molecule has 2 rings (SSSR count). The van der Waals surface area contributed by atoms with E-state index in [0.717, 1.165) is 24.8 Å². The van der Waals surface area contributed by atoms with Gasteiger partial charge in [0.25, 0.3) is 0 Å². The van der Waals surface area contributed by atoms with Gasteiger partial charge in [-0.3, -0.25) is 4.79 Å². The molecule has 3 heteroatoms. The minimum atomic E-state index is 0.180. The zero-order chi connectivity index (χ0) is 14.8. The van der Waals surface area contributed by atoms with E-state index in [1.54, 1.807) is 6.92 Å². The van der Waals surface area contributed by atoms with Crippen LogP contribution in [0.2, 0.25) is 0 Å². The quantitative estimate of drug-likeness (QED) is 0.789. The predicted molar refractivity (Wildman–Crippen MR) is 81.5 cm³/mol. The molecule has 0 saturated heterocycles. The summed E-state index contributed by atoms with van der Waals surface area (Å²) in [5, 5.41) is 0. The van der Waals surface area contributed by atoms with Crippen molar-refractivity contribution in [1.82, 2.24) is 4.90 Å². The molecule has 0 heterocycles. The fourth-order valence-corrected chi connectivity index (χ4v) is 4.45. The average molecular weight is 281 g/mol. The summed E-state index contributed by atoms with van der Waals surface area (Å²) in [6, 6.07) is 0. The molecule has 1 amide bonds. The Morgan fingerprint density at radius 1 is 1.35 bits per heavy atom. The molecule has 116 valence electrons. The highest BCUT2D eigenvalue weighted by Crippen LogP contribution is 2.52. The lowest BCUT2D eigenvalue weighted by Crippen LogP contribution is -2.44. The monoisotopic (exact) mass is 281 g/mol. The number of carbonyl (C=O) groups is 1. The standard InChI is InChI=1S/C17H31NO2/c1-13(19)18(3)11-10-17(2)9-5-6-14-7-8-15(20-4)12-16(14)17/h14-16H,5-12H2,1-4H3. The third-order valence-electron chi connectivity index (χ3n) is 6.05. The van der Waals surface area contributed by atoms with Gasteiger partial charge in [-0.25, -0.2) is 0 Å². The molecule has 0 radical (unpaired) electrons. The molecule has 0 aromatic heterocycles. The first kappa shape index (κ1) is 15.8. The Labute approximate surface area is 124 Å². The van der Waals surface area contributed by atoms with Gasteiger partial charge in [0.1, 0.15) is 0 Å². The van der Waals surface area contributed by atoms with Crippen molar-refractivity contribution in [1.29, 1.82) is 0 Å². The van der Waals surface area contributed by atoms with Crippen LogP contribution in [0.15, 0.2) is 0 Å². The van der Waals surface area contributed by atoms with Crippen molar-refractivity contribution in [2.75, 3.05) is 20.7 Å². The zero-order valence-electron chi connectivity index (χ0n) is 13.7. The molecule has 0 aliphatic heterocycles. The van der Waals surface area contributed by atoms with Crippen molar-refractivity contribution in [3.63, 3.8) is 0 Å². The summed E-state index contributed by atoms with van der Waals surface area (Å²) in [6.07, 6.45) is 9.47. The summed E-state index contributed by atoms with van der Waals surface area (Å²) in [6.45, 7) is 5.01. The lowest BCUT2D eigenvalue weighted by molar-refractivity contribution is -0.128. The highest BCUT2D eigenvalue weighted by Gasteiger charge is 2.44. The molecule has 0 N–H and O–H groups in total. The second kappa shape index (κ2) is 6.46. The Kier molecular flexibility index (Phi) is 5.11. The molecular weight excluding hydrogens is 250 g/mol. The fraction of sp³-hybridized carbons (Fsp3) is 0.941. The van der Waals surface area contributed by atoms with Crippen LogP contribution in [-0.2, 0) is 9.53 Å². The molecule has 2 aliphatic rings. The van der Waals surface area contributed by atoms with Crippen molar-refractivity contribution in [2.24, 2.45) is 17.3 Å². The number of nitrogens with zero attached hydrogens (tertiary/aromatic N) is 1. The van der Waals surface area contributed by atoms with Crippen LogP contribution in [0.3, 0.4) is 0 Å². The smallest absolute Gasteiger partial charge is 0.219 e. The van der Waals surface area contributed by atoms with Crippen LogP contribution in [0, 0.1) is 17.3 Å². The summed E-state index contributed by atoms with van der Waals surface area (Å²) in [4.78, 5) is 13.3. The van der Waals surface area contributed by atoms with Crippen LogP contribution >= 0.6 is 0 Å². The van der Waals surface area contributed by atoms with Crippen molar-refractivity contribution >= 4 is 5.91 Å². The minimum Gasteiger partial charge on any atom is -0.381 e. The number of hydrogen-bond donors (Lipinski definition) is 0. The Morgan fingerprint density at radius 2 is 2.10 bits per heavy atom. The second-order valence-electron chi connectivity index (χ2n) is 7.27. The van der Waals surface area contributed by atoms with E-state index in [4.69, 9.17) is 4.74 Å². The maximum atomic E-state index is 11.4. The molecule has 4 unspecified atom stereocenters. The number of methoxy groups -OCH3 is 1. The highest BCUT2D eigenvalue weighted by molar-refractivity contribution is 5.72. The van der Waals surface area contributed by atoms with Gasteiger partial charge in [0.15, 0.2) is 0 Å². The van der Waals surface area contributed by atoms with Gasteiger partial charge < -0.3 is 9.64 Å². The normalized spacial score (nSPS) is 37.3. The first-order valence-electron chi connectivity index (χ1n) is 8.21. The van der Waals surface area contributed by atoms with Gasteiger partial charge in [-0.05, 0) is 49.4 Å². The minimum absolute atomic E-state index is 0.180. The van der Waals surface area contributed by atoms with E-state index in [9.17, 15) is 4.79 Å². The van der Waals surface area contributed by atoms with Gasteiger partial charge in [0, 0.05) is 27.6 Å². The molecule has 2 aliphatic carbocycles. The van der Waals surface area contributed by atoms with E-state index in [2.05, 4.69) is 6.92 Å². The van der Waals surface area contributed by atoms with E-state index in [1.165, 1.54) is 38.5 Å². The summed E-state index contributed by atoms with van der Waals surface area (Å²) in [5.41, 5.74) is 0.393. The lowest BCUT2D eigenvalue weighted by Gasteiger charge is -2.50. The van der Waals surface area contributed by atoms with E-state index < -0.39 is 0 Å². The van der Waals surface area contributed by atoms with Crippen LogP contribution in [0.1, 0.15) is 58.8 Å². The van der Waals surface area contributed by atoms with Crippen LogP contribution in [0.25, 0.3) is 0 Å². The average Bonchev–Trinajstić information content (AvgIpc) is 2.45. The second-order valence-corrected chi connectivity index (χ2v) is 7.27. The van der Waals surface area contributed by atoms with Crippen LogP contribution < -0.4 is 0 Å². The summed E-state index contributed by atoms with van der Waals surface area (Å²) < 4.78 is 5.63. The van der Waals surface area contributed by atoms with Gasteiger partial charge in [-0.1, -0.05) is 19.8 Å². The number of hydrogen-bond acceptors (Lipinski definition) is 2. The molecule has 3 nitrogen and oxygen atoms in total. The summed E-state index contributed by atoms with van der Waals surface area (Å²) in [5.74, 6) is 1.86. The summed E-state index contributed by atoms with van der Waals surface area (Å²) >= 11 is 0. The van der Waals surface area contributed by atoms with Crippen molar-refractivity contribution in [3.8, 4) is 0 Å². The molecule has 4 atom stereocenters. The molecule has 0 aromatic rings. The van der Waals surface area contributed by atoms with E-state index in [-0.39, 0.29) is 5.91 Å². The Bertz CT molecular complexity index is 344. The van der Waals surface area contributed by atoms with E-state index in [0.29, 0.717) is 11.5 Å². The Hall–Kier alpha value is -0.570. The van der Waals surface area contributed by atoms with Crippen molar-refractivity contribution < 1.29 is 9.53 Å². The van der Waals surface area contributed by atoms with Gasteiger partial charge in [-0.2, -0.15) is 0 Å². The zero-order valence-corrected chi connectivity index (χ0v) is 13.7. The number of amides is 1. The van der Waals surface area contributed by atoms with Gasteiger partial charge >= 0.3 is 0 Å². The third-order valence-corrected chi connectivity index (χ3v) is 6.05. The molecule has 0 spiro atoms. The Morgan fingerprint density at radius 3 is 2.75 bits per heavy atom. The predicted octanol–water partition coefficient (Wildman–Crippen LogP) is 3.48. The SMILES string of the molecule is COC1CCC2CCCC(C)(CCN(C)C(C)=O)C2C1. The van der Waals surface area contributed by atoms with E-state index >= 15 is 0 Å². The Balaban J connectivity index is 2.01. The number of carbonyl (C=O) groups excluding carboxylic acids is 1. The van der Waals surface area contributed by atoms with E-state index in [1.807, 2.05) is 19.1 Å². The third kappa shape index (κ3) is 3.36. The lowest BCUT2D eigenvalue weighted by atomic mass is 9.56. The fourth-order valence-electron chi connectivity index (χ4n) is 4.45. The van der Waals surface area contributed by atoms with Gasteiger partial charge in [0.05, 0.1) is 6.10 Å². The molecule has 20 heavy (non-hydrogen) atoms. The number of rotatable bonds is 4. The summed E-state index contributed by atoms with van der Waals surface area (Å²) in [7, 11) is 3.78. The molecule has 2 saturated carbocycles. The number of fused-ring (bicyclic) bond motifs is 1. The van der Waals surface area contributed by atoms with Crippen LogP contribution in [0.4, 0.5) is 0 Å². The molecule has 0 bridgehead atoms. The maximum absolute atomic E-state index is 11.4. The first-order chi connectivity index (χ1) is 9.46. The number of ether oxygens (including phenoxy) is 1. The highest BCUT2D eigenvalue weighted by atomic mass is 16.5. The van der Waals surface area contributed by atoms with Gasteiger partial charge in [-0.15, -0.1) is 0 Å². The maximum Gasteiger partial charge on any atom is 0.219 e. The largest absolute Gasteiger partial charge is 0.381 e. The topological polar surface area (TPSA) is 29.5 Å². The van der Waals surface area contributed by atoms with Crippen molar-refractivity contribution in [2.45, 2.75) is 64.9 Å². The first-order valence-corrected chi connectivity index (χ1v) is 8.21. The molecule has 0 aromatic carbocycles. The van der Waals surface area contributed by atoms with Crippen LogP contribution in [0.5, 0.6) is 0 Å². The molecular formula is C17H31NO2. The van der Waals surface area contributed by atoms with Crippen LogP contribution in [-0.4, -0.2) is 37.6 Å².